The summed E-state index contributed by atoms with van der Waals surface area (Å²) in [5.41, 5.74) is 1.24. The number of aliphatic hydroxyl groups excluding tert-OH is 1. The lowest BCUT2D eigenvalue weighted by Gasteiger charge is -2.27. The first-order valence-corrected chi connectivity index (χ1v) is 7.75. The number of likely N-dealkylation sites (tertiary alicyclic amines) is 1. The van der Waals surface area contributed by atoms with Crippen LogP contribution in [0.2, 0.25) is 5.02 Å². The van der Waals surface area contributed by atoms with Gasteiger partial charge < -0.3 is 5.11 Å². The highest BCUT2D eigenvalue weighted by atomic mass is 35.5. The monoisotopic (exact) mass is 305 g/mol. The van der Waals surface area contributed by atoms with Gasteiger partial charge in [0.1, 0.15) is 0 Å². The second-order valence-corrected chi connectivity index (χ2v) is 6.03. The molecule has 112 valence electrons. The second kappa shape index (κ2) is 6.60. The molecule has 1 N–H and O–H groups in total. The number of hydrogen-bond donors (Lipinski definition) is 1. The van der Waals surface area contributed by atoms with Crippen molar-refractivity contribution < 1.29 is 5.11 Å². The minimum atomic E-state index is -0.412. The van der Waals surface area contributed by atoms with Crippen molar-refractivity contribution in [2.75, 3.05) is 13.1 Å². The van der Waals surface area contributed by atoms with Crippen LogP contribution < -0.4 is 0 Å². The van der Waals surface area contributed by atoms with Crippen LogP contribution in [0.5, 0.6) is 0 Å². The second-order valence-electron chi connectivity index (χ2n) is 5.59. The van der Waals surface area contributed by atoms with Crippen LogP contribution >= 0.6 is 11.6 Å². The molecule has 3 rings (SSSR count). The minimum Gasteiger partial charge on any atom is -0.390 e. The highest BCUT2D eigenvalue weighted by Crippen LogP contribution is 2.32. The Morgan fingerprint density at radius 1 is 1.33 bits per heavy atom. The Morgan fingerprint density at radius 3 is 3.00 bits per heavy atom. The summed E-state index contributed by atoms with van der Waals surface area (Å²) in [5.74, 6) is 0. The molecule has 1 fully saturated rings. The molecule has 0 aliphatic carbocycles. The lowest BCUT2D eigenvalue weighted by atomic mass is 10.0. The number of rotatable bonds is 5. The Bertz CT molecular complexity index is 573. The van der Waals surface area contributed by atoms with E-state index in [2.05, 4.69) is 16.1 Å². The van der Waals surface area contributed by atoms with E-state index in [1.165, 1.54) is 5.56 Å². The zero-order valence-electron chi connectivity index (χ0n) is 11.9. The molecule has 0 radical (unpaired) electrons. The van der Waals surface area contributed by atoms with Crippen molar-refractivity contribution in [2.45, 2.75) is 31.5 Å². The third kappa shape index (κ3) is 3.64. The molecule has 1 aliphatic rings. The average Bonchev–Trinajstić information content (AvgIpc) is 3.10. The number of β-amino-alcohol motifs (C(OH)–C–C–N with tert-alkyl or cyclic N) is 1. The lowest BCUT2D eigenvalue weighted by molar-refractivity contribution is 0.0891. The molecule has 1 aromatic carbocycles. The van der Waals surface area contributed by atoms with E-state index in [4.69, 9.17) is 11.6 Å². The molecule has 0 spiro atoms. The Kier molecular flexibility index (Phi) is 4.58. The summed E-state index contributed by atoms with van der Waals surface area (Å²) in [7, 11) is 0. The van der Waals surface area contributed by atoms with Crippen LogP contribution in [0.4, 0.5) is 0 Å². The summed E-state index contributed by atoms with van der Waals surface area (Å²) < 4.78 is 1.77. The van der Waals surface area contributed by atoms with Gasteiger partial charge in [-0.05, 0) is 43.1 Å². The molecule has 0 saturated carbocycles. The largest absolute Gasteiger partial charge is 0.390 e. The van der Waals surface area contributed by atoms with Crippen molar-refractivity contribution in [1.82, 2.24) is 14.7 Å². The molecular formula is C16H20ClN3O. The molecular weight excluding hydrogens is 286 g/mol. The highest BCUT2D eigenvalue weighted by molar-refractivity contribution is 6.30. The summed E-state index contributed by atoms with van der Waals surface area (Å²) in [6, 6.07) is 10.3. The van der Waals surface area contributed by atoms with Gasteiger partial charge in [-0.15, -0.1) is 0 Å². The van der Waals surface area contributed by atoms with Crippen molar-refractivity contribution in [3.63, 3.8) is 0 Å². The maximum Gasteiger partial charge on any atom is 0.0862 e. The summed E-state index contributed by atoms with van der Waals surface area (Å²) >= 11 is 6.09. The van der Waals surface area contributed by atoms with Crippen LogP contribution in [0, 0.1) is 0 Å². The van der Waals surface area contributed by atoms with Gasteiger partial charge in [0.25, 0.3) is 0 Å². The zero-order chi connectivity index (χ0) is 14.7. The molecule has 2 aromatic rings. The van der Waals surface area contributed by atoms with Gasteiger partial charge >= 0.3 is 0 Å². The minimum absolute atomic E-state index is 0.357. The van der Waals surface area contributed by atoms with Gasteiger partial charge in [0, 0.05) is 30.0 Å². The molecule has 1 saturated heterocycles. The van der Waals surface area contributed by atoms with Gasteiger partial charge in [0.05, 0.1) is 12.6 Å². The number of benzene rings is 1. The molecule has 0 amide bonds. The first kappa shape index (κ1) is 14.6. The predicted molar refractivity (Wildman–Crippen MR) is 83.2 cm³/mol. The topological polar surface area (TPSA) is 41.3 Å². The van der Waals surface area contributed by atoms with Crippen LogP contribution in [0.25, 0.3) is 0 Å². The smallest absolute Gasteiger partial charge is 0.0862 e. The Hall–Kier alpha value is -1.36. The van der Waals surface area contributed by atoms with Crippen LogP contribution in [-0.2, 0) is 6.54 Å². The summed E-state index contributed by atoms with van der Waals surface area (Å²) in [5, 5.41) is 15.2. The van der Waals surface area contributed by atoms with E-state index in [0.29, 0.717) is 19.1 Å². The van der Waals surface area contributed by atoms with Gasteiger partial charge in [-0.1, -0.05) is 23.7 Å². The van der Waals surface area contributed by atoms with Crippen molar-refractivity contribution >= 4 is 11.6 Å². The fourth-order valence-corrected chi connectivity index (χ4v) is 3.29. The van der Waals surface area contributed by atoms with Crippen LogP contribution in [0.3, 0.4) is 0 Å². The number of aromatic nitrogens is 2. The lowest BCUT2D eigenvalue weighted by Crippen LogP contribution is -2.34. The van der Waals surface area contributed by atoms with E-state index >= 15 is 0 Å². The van der Waals surface area contributed by atoms with E-state index in [9.17, 15) is 5.11 Å². The summed E-state index contributed by atoms with van der Waals surface area (Å²) in [4.78, 5) is 2.35. The molecule has 21 heavy (non-hydrogen) atoms. The first-order chi connectivity index (χ1) is 10.2. The number of nitrogens with zero attached hydrogens (tertiary/aromatic N) is 3. The third-order valence-corrected chi connectivity index (χ3v) is 4.23. The van der Waals surface area contributed by atoms with Gasteiger partial charge in [0.15, 0.2) is 0 Å². The number of halogens is 1. The van der Waals surface area contributed by atoms with Crippen molar-refractivity contribution in [3.8, 4) is 0 Å². The van der Waals surface area contributed by atoms with Crippen LogP contribution in [0.1, 0.15) is 24.4 Å². The maximum atomic E-state index is 10.3. The maximum absolute atomic E-state index is 10.3. The zero-order valence-corrected chi connectivity index (χ0v) is 12.7. The summed E-state index contributed by atoms with van der Waals surface area (Å²) in [6.45, 7) is 2.22. The fourth-order valence-electron chi connectivity index (χ4n) is 3.09. The van der Waals surface area contributed by atoms with Crippen molar-refractivity contribution in [1.29, 1.82) is 0 Å². The highest BCUT2D eigenvalue weighted by Gasteiger charge is 2.27. The van der Waals surface area contributed by atoms with Crippen molar-refractivity contribution in [3.05, 3.63) is 53.3 Å². The molecule has 1 aliphatic heterocycles. The van der Waals surface area contributed by atoms with Gasteiger partial charge in [-0.2, -0.15) is 5.10 Å². The molecule has 2 atom stereocenters. The van der Waals surface area contributed by atoms with E-state index in [1.807, 2.05) is 30.5 Å². The van der Waals surface area contributed by atoms with Gasteiger partial charge in [-0.25, -0.2) is 0 Å². The van der Waals surface area contributed by atoms with Gasteiger partial charge in [0.2, 0.25) is 0 Å². The SMILES string of the molecule is OC(CN1CCCC1c1cccc(Cl)c1)Cn1cccn1. The first-order valence-electron chi connectivity index (χ1n) is 7.37. The Morgan fingerprint density at radius 2 is 2.24 bits per heavy atom. The third-order valence-electron chi connectivity index (χ3n) is 4.00. The molecule has 0 bridgehead atoms. The number of hydrogen-bond acceptors (Lipinski definition) is 3. The van der Waals surface area contributed by atoms with Crippen LogP contribution in [0.15, 0.2) is 42.7 Å². The van der Waals surface area contributed by atoms with Gasteiger partial charge in [-0.3, -0.25) is 9.58 Å². The van der Waals surface area contributed by atoms with E-state index in [-0.39, 0.29) is 0 Å². The van der Waals surface area contributed by atoms with Crippen molar-refractivity contribution in [2.24, 2.45) is 0 Å². The molecule has 5 heteroatoms. The molecule has 4 nitrogen and oxygen atoms in total. The normalized spacial score (nSPS) is 20.8. The number of aliphatic hydroxyl groups is 1. The Balaban J connectivity index is 1.64. The Labute approximate surface area is 130 Å². The quantitative estimate of drug-likeness (QED) is 0.923. The molecule has 1 aromatic heterocycles. The van der Waals surface area contributed by atoms with E-state index in [1.54, 1.807) is 10.9 Å². The van der Waals surface area contributed by atoms with Crippen LogP contribution in [-0.4, -0.2) is 39.0 Å². The fraction of sp³-hybridized carbons (Fsp3) is 0.438. The standard InChI is InChI=1S/C16H20ClN3O/c17-14-5-1-4-13(10-14)16-6-2-8-19(16)11-15(21)12-20-9-3-7-18-20/h1,3-5,7,9-10,15-16,21H,2,6,8,11-12H2. The average molecular weight is 306 g/mol. The molecule has 2 heterocycles. The summed E-state index contributed by atoms with van der Waals surface area (Å²) in [6.07, 6.45) is 5.48. The predicted octanol–water partition coefficient (Wildman–Crippen LogP) is 2.73. The van der Waals surface area contributed by atoms with E-state index < -0.39 is 6.10 Å². The van der Waals surface area contributed by atoms with E-state index in [0.717, 1.165) is 24.4 Å². The molecule has 2 unspecified atom stereocenters.